The highest BCUT2D eigenvalue weighted by Gasteiger charge is 2.43. The Morgan fingerprint density at radius 3 is 2.84 bits per heavy atom. The molecule has 0 aliphatic carbocycles. The second kappa shape index (κ2) is 4.21. The first-order valence-corrected chi connectivity index (χ1v) is 6.30. The van der Waals surface area contributed by atoms with Crippen LogP contribution in [0.3, 0.4) is 0 Å². The Morgan fingerprint density at radius 1 is 1.26 bits per heavy atom. The lowest BCUT2D eigenvalue weighted by Gasteiger charge is -2.26. The Labute approximate surface area is 109 Å². The minimum atomic E-state index is -0.573. The van der Waals surface area contributed by atoms with E-state index in [1.807, 2.05) is 0 Å². The fraction of sp³-hybridized carbons (Fsp3) is 0.667. The molecule has 19 heavy (non-hydrogen) atoms. The summed E-state index contributed by atoms with van der Waals surface area (Å²) in [6, 6.07) is 0. The van der Waals surface area contributed by atoms with Crippen molar-refractivity contribution >= 4 is 0 Å². The second-order valence-corrected chi connectivity index (χ2v) is 5.18. The van der Waals surface area contributed by atoms with Gasteiger partial charge in [-0.25, -0.2) is 4.79 Å². The molecule has 0 aromatic carbocycles. The van der Waals surface area contributed by atoms with Crippen LogP contribution in [0.5, 0.6) is 5.88 Å². The summed E-state index contributed by atoms with van der Waals surface area (Å²) in [5.41, 5.74) is -0.671. The van der Waals surface area contributed by atoms with Crippen molar-refractivity contribution in [2.75, 3.05) is 26.3 Å². The van der Waals surface area contributed by atoms with E-state index in [1.165, 1.54) is 11.6 Å². The Bertz CT molecular complexity index is 623. The topological polar surface area (TPSA) is 74.5 Å². The summed E-state index contributed by atoms with van der Waals surface area (Å²) in [6.45, 7) is 2.42. The van der Waals surface area contributed by atoms with E-state index in [1.54, 1.807) is 7.05 Å². The molecule has 1 aromatic heterocycles. The Morgan fingerprint density at radius 2 is 2.05 bits per heavy atom. The maximum atomic E-state index is 12.2. The molecule has 0 bridgehead atoms. The highest BCUT2D eigenvalue weighted by atomic mass is 16.6. The van der Waals surface area contributed by atoms with Gasteiger partial charge in [-0.3, -0.25) is 13.9 Å². The number of nitrogens with one attached hydrogen (secondary N) is 1. The van der Waals surface area contributed by atoms with E-state index in [0.29, 0.717) is 37.6 Å². The van der Waals surface area contributed by atoms with E-state index in [2.05, 4.69) is 5.32 Å². The first kappa shape index (κ1) is 12.4. The molecule has 1 spiro atoms. The molecule has 0 radical (unpaired) electrons. The highest BCUT2D eigenvalue weighted by Crippen LogP contribution is 2.32. The molecule has 1 unspecified atom stereocenters. The van der Waals surface area contributed by atoms with Crippen molar-refractivity contribution in [1.29, 1.82) is 0 Å². The monoisotopic (exact) mass is 267 g/mol. The van der Waals surface area contributed by atoms with Gasteiger partial charge in [-0.1, -0.05) is 0 Å². The Hall–Kier alpha value is -1.60. The summed E-state index contributed by atoms with van der Waals surface area (Å²) in [4.78, 5) is 24.0. The molecule has 1 saturated heterocycles. The minimum absolute atomic E-state index is 0.278. The molecule has 0 saturated carbocycles. The average Bonchev–Trinajstić information content (AvgIpc) is 2.62. The van der Waals surface area contributed by atoms with Gasteiger partial charge >= 0.3 is 5.69 Å². The van der Waals surface area contributed by atoms with Gasteiger partial charge in [0.2, 0.25) is 5.88 Å². The number of aromatic nitrogens is 2. The molecule has 7 nitrogen and oxygen atoms in total. The van der Waals surface area contributed by atoms with Crippen LogP contribution in [-0.4, -0.2) is 41.0 Å². The Kier molecular flexibility index (Phi) is 2.75. The zero-order valence-electron chi connectivity index (χ0n) is 11.1. The van der Waals surface area contributed by atoms with Crippen LogP contribution in [0.4, 0.5) is 0 Å². The van der Waals surface area contributed by atoms with Crippen LogP contribution in [0.2, 0.25) is 0 Å². The number of hydrogen-bond acceptors (Lipinski definition) is 5. The van der Waals surface area contributed by atoms with Gasteiger partial charge in [0.1, 0.15) is 0 Å². The smallest absolute Gasteiger partial charge is 0.333 e. The van der Waals surface area contributed by atoms with E-state index >= 15 is 0 Å². The zero-order valence-corrected chi connectivity index (χ0v) is 11.1. The average molecular weight is 267 g/mol. The molecule has 0 amide bonds. The first-order chi connectivity index (χ1) is 9.04. The first-order valence-electron chi connectivity index (χ1n) is 6.30. The van der Waals surface area contributed by atoms with Gasteiger partial charge in [-0.05, 0) is 0 Å². The lowest BCUT2D eigenvalue weighted by molar-refractivity contribution is 0.00341. The van der Waals surface area contributed by atoms with Gasteiger partial charge < -0.3 is 14.8 Å². The quantitative estimate of drug-likeness (QED) is 0.611. The molecule has 1 atom stereocenters. The molecular formula is C12H17N3O4. The molecule has 2 aliphatic rings. The molecule has 1 aromatic rings. The fourth-order valence-corrected chi connectivity index (χ4v) is 2.69. The normalized spacial score (nSPS) is 26.0. The molecule has 3 rings (SSSR count). The third-order valence-corrected chi connectivity index (χ3v) is 3.75. The zero-order chi connectivity index (χ0) is 13.6. The van der Waals surface area contributed by atoms with Crippen molar-refractivity contribution in [3.63, 3.8) is 0 Å². The lowest BCUT2D eigenvalue weighted by atomic mass is 9.99. The second-order valence-electron chi connectivity index (χ2n) is 5.18. The predicted octanol–water partition coefficient (Wildman–Crippen LogP) is -1.62. The third kappa shape index (κ3) is 1.81. The van der Waals surface area contributed by atoms with E-state index in [9.17, 15) is 9.59 Å². The summed E-state index contributed by atoms with van der Waals surface area (Å²) in [6.07, 6.45) is 0.468. The predicted molar refractivity (Wildman–Crippen MR) is 67.7 cm³/mol. The van der Waals surface area contributed by atoms with Crippen molar-refractivity contribution in [3.05, 3.63) is 26.4 Å². The van der Waals surface area contributed by atoms with Gasteiger partial charge in [-0.2, -0.15) is 0 Å². The molecule has 7 heteroatoms. The molecule has 1 fully saturated rings. The number of fused-ring (bicyclic) bond motifs is 1. The van der Waals surface area contributed by atoms with Crippen LogP contribution in [0.25, 0.3) is 0 Å². The van der Waals surface area contributed by atoms with E-state index in [4.69, 9.17) is 9.47 Å². The van der Waals surface area contributed by atoms with Crippen molar-refractivity contribution in [3.8, 4) is 5.88 Å². The molecule has 3 heterocycles. The van der Waals surface area contributed by atoms with Crippen molar-refractivity contribution < 1.29 is 9.47 Å². The van der Waals surface area contributed by atoms with E-state index in [-0.39, 0.29) is 11.2 Å². The lowest BCUT2D eigenvalue weighted by Crippen LogP contribution is -2.47. The molecule has 104 valence electrons. The van der Waals surface area contributed by atoms with E-state index in [0.717, 1.165) is 11.1 Å². The number of hydrogen-bond donors (Lipinski definition) is 1. The van der Waals surface area contributed by atoms with Gasteiger partial charge in [0.25, 0.3) is 5.56 Å². The molecule has 1 N–H and O–H groups in total. The largest absolute Gasteiger partial charge is 0.468 e. The SMILES string of the molecule is Cn1c2c(c(=O)n(C)c1=O)CC1(CNCCOC1)O2. The summed E-state index contributed by atoms with van der Waals surface area (Å²) in [7, 11) is 3.10. The van der Waals surface area contributed by atoms with Crippen LogP contribution in [-0.2, 0) is 25.3 Å². The Balaban J connectivity index is 2.09. The van der Waals surface area contributed by atoms with Gasteiger partial charge in [0.05, 0.1) is 18.8 Å². The summed E-state index contributed by atoms with van der Waals surface area (Å²) in [5.74, 6) is 0.375. The van der Waals surface area contributed by atoms with Crippen LogP contribution >= 0.6 is 0 Å². The summed E-state index contributed by atoms with van der Waals surface area (Å²) < 4.78 is 13.9. The van der Waals surface area contributed by atoms with Gasteiger partial charge in [-0.15, -0.1) is 0 Å². The van der Waals surface area contributed by atoms with Crippen LogP contribution in [0.15, 0.2) is 9.59 Å². The summed E-state index contributed by atoms with van der Waals surface area (Å²) in [5, 5.41) is 3.24. The maximum absolute atomic E-state index is 12.2. The summed E-state index contributed by atoms with van der Waals surface area (Å²) >= 11 is 0. The number of rotatable bonds is 0. The number of ether oxygens (including phenoxy) is 2. The number of nitrogens with zero attached hydrogens (tertiary/aromatic N) is 2. The van der Waals surface area contributed by atoms with Crippen LogP contribution in [0.1, 0.15) is 5.56 Å². The highest BCUT2D eigenvalue weighted by molar-refractivity contribution is 5.32. The van der Waals surface area contributed by atoms with Crippen LogP contribution < -0.4 is 21.3 Å². The van der Waals surface area contributed by atoms with Gasteiger partial charge in [0.15, 0.2) is 5.60 Å². The minimum Gasteiger partial charge on any atom is -0.468 e. The van der Waals surface area contributed by atoms with Crippen molar-refractivity contribution in [2.45, 2.75) is 12.0 Å². The van der Waals surface area contributed by atoms with Crippen molar-refractivity contribution in [2.24, 2.45) is 14.1 Å². The standard InChI is InChI=1S/C12H17N3O4/c1-14-9(16)8-5-12(6-13-3-4-18-7-12)19-10(8)15(2)11(14)17/h13H,3-7H2,1-2H3. The van der Waals surface area contributed by atoms with Crippen molar-refractivity contribution in [1.82, 2.24) is 14.5 Å². The molecular weight excluding hydrogens is 250 g/mol. The maximum Gasteiger partial charge on any atom is 0.333 e. The molecule has 2 aliphatic heterocycles. The fourth-order valence-electron chi connectivity index (χ4n) is 2.69. The van der Waals surface area contributed by atoms with E-state index < -0.39 is 5.60 Å². The van der Waals surface area contributed by atoms with Crippen LogP contribution in [0, 0.1) is 0 Å². The third-order valence-electron chi connectivity index (χ3n) is 3.75. The van der Waals surface area contributed by atoms with Gasteiger partial charge in [0, 0.05) is 33.6 Å².